The summed E-state index contributed by atoms with van der Waals surface area (Å²) in [5, 5.41) is 3.20. The van der Waals surface area contributed by atoms with Crippen molar-refractivity contribution in [2.45, 2.75) is 39.3 Å². The number of benzene rings is 2. The van der Waals surface area contributed by atoms with Gasteiger partial charge in [0.25, 0.3) is 0 Å². The molecular formula is C26H33N3O3. The minimum atomic E-state index is -0.332. The van der Waals surface area contributed by atoms with Crippen molar-refractivity contribution >= 4 is 17.5 Å². The molecule has 0 spiro atoms. The van der Waals surface area contributed by atoms with E-state index >= 15 is 0 Å². The van der Waals surface area contributed by atoms with Crippen LogP contribution in [0.2, 0.25) is 0 Å². The summed E-state index contributed by atoms with van der Waals surface area (Å²) in [6, 6.07) is 18.1. The van der Waals surface area contributed by atoms with Crippen LogP contribution in [0.3, 0.4) is 0 Å². The number of nitrogens with zero attached hydrogens (tertiary/aromatic N) is 2. The Morgan fingerprint density at radius 3 is 2.66 bits per heavy atom. The number of amides is 2. The Labute approximate surface area is 190 Å². The fourth-order valence-corrected chi connectivity index (χ4v) is 4.79. The highest BCUT2D eigenvalue weighted by molar-refractivity contribution is 6.01. The van der Waals surface area contributed by atoms with E-state index in [1.165, 1.54) is 5.56 Å². The summed E-state index contributed by atoms with van der Waals surface area (Å²) in [7, 11) is 0. The summed E-state index contributed by atoms with van der Waals surface area (Å²) < 4.78 is 5.68. The first-order chi connectivity index (χ1) is 15.5. The van der Waals surface area contributed by atoms with Crippen LogP contribution in [0.1, 0.15) is 32.3 Å². The molecule has 0 unspecified atom stereocenters. The molecule has 2 aromatic rings. The molecular weight excluding hydrogens is 402 g/mol. The van der Waals surface area contributed by atoms with Gasteiger partial charge in [-0.3, -0.25) is 14.5 Å². The fourth-order valence-electron chi connectivity index (χ4n) is 4.79. The van der Waals surface area contributed by atoms with Gasteiger partial charge in [0.2, 0.25) is 11.8 Å². The molecule has 0 aliphatic carbocycles. The number of rotatable bonds is 8. The predicted octanol–water partition coefficient (Wildman–Crippen LogP) is 3.47. The first-order valence-corrected chi connectivity index (χ1v) is 11.6. The van der Waals surface area contributed by atoms with Crippen molar-refractivity contribution in [1.29, 1.82) is 0 Å². The van der Waals surface area contributed by atoms with E-state index in [0.29, 0.717) is 24.8 Å². The van der Waals surface area contributed by atoms with E-state index in [0.717, 1.165) is 31.7 Å². The monoisotopic (exact) mass is 435 g/mol. The van der Waals surface area contributed by atoms with Crippen LogP contribution in [0.4, 0.5) is 5.69 Å². The third-order valence-corrected chi connectivity index (χ3v) is 6.59. The first-order valence-electron chi connectivity index (χ1n) is 11.6. The van der Waals surface area contributed by atoms with Gasteiger partial charge < -0.3 is 15.0 Å². The Morgan fingerprint density at radius 1 is 1.12 bits per heavy atom. The van der Waals surface area contributed by atoms with E-state index < -0.39 is 0 Å². The molecule has 6 nitrogen and oxygen atoms in total. The van der Waals surface area contributed by atoms with E-state index in [-0.39, 0.29) is 30.2 Å². The molecule has 3 atom stereocenters. The number of ether oxygens (including phenoxy) is 1. The molecule has 2 amide bonds. The van der Waals surface area contributed by atoms with Crippen LogP contribution in [-0.2, 0) is 16.1 Å². The second kappa shape index (κ2) is 10.2. The molecule has 2 fully saturated rings. The van der Waals surface area contributed by atoms with E-state index in [1.807, 2.05) is 37.3 Å². The topological polar surface area (TPSA) is 61.9 Å². The lowest BCUT2D eigenvalue weighted by Crippen LogP contribution is -2.42. The van der Waals surface area contributed by atoms with Crippen LogP contribution < -0.4 is 15.0 Å². The van der Waals surface area contributed by atoms with Crippen LogP contribution in [0.15, 0.2) is 54.6 Å². The van der Waals surface area contributed by atoms with Crippen molar-refractivity contribution in [2.75, 3.05) is 31.1 Å². The first kappa shape index (κ1) is 22.3. The number of anilines is 1. The quantitative estimate of drug-likeness (QED) is 0.690. The minimum absolute atomic E-state index is 0.0243. The predicted molar refractivity (Wildman–Crippen MR) is 126 cm³/mol. The molecule has 0 bridgehead atoms. The van der Waals surface area contributed by atoms with Gasteiger partial charge in [0, 0.05) is 32.1 Å². The summed E-state index contributed by atoms with van der Waals surface area (Å²) >= 11 is 0. The lowest BCUT2D eigenvalue weighted by atomic mass is 9.99. The van der Waals surface area contributed by atoms with E-state index in [4.69, 9.17) is 4.74 Å². The summed E-state index contributed by atoms with van der Waals surface area (Å²) in [6.07, 6.45) is 1.32. The molecule has 1 N–H and O–H groups in total. The van der Waals surface area contributed by atoms with Gasteiger partial charge in [-0.2, -0.15) is 0 Å². The number of para-hydroxylation sites is 2. The molecule has 6 heteroatoms. The van der Waals surface area contributed by atoms with Gasteiger partial charge in [-0.15, -0.1) is 0 Å². The van der Waals surface area contributed by atoms with Crippen molar-refractivity contribution in [2.24, 2.45) is 11.8 Å². The maximum absolute atomic E-state index is 13.0. The molecule has 2 aromatic carbocycles. The zero-order valence-corrected chi connectivity index (χ0v) is 19.0. The van der Waals surface area contributed by atoms with E-state index in [9.17, 15) is 9.59 Å². The molecule has 0 aromatic heterocycles. The number of carbonyl (C=O) groups is 2. The van der Waals surface area contributed by atoms with Crippen LogP contribution in [0.25, 0.3) is 0 Å². The van der Waals surface area contributed by atoms with Crippen LogP contribution >= 0.6 is 0 Å². The third-order valence-electron chi connectivity index (χ3n) is 6.59. The number of hydrogen-bond acceptors (Lipinski definition) is 4. The zero-order chi connectivity index (χ0) is 22.5. The highest BCUT2D eigenvalue weighted by atomic mass is 16.5. The van der Waals surface area contributed by atoms with Gasteiger partial charge in [0.05, 0.1) is 18.2 Å². The lowest BCUT2D eigenvalue weighted by molar-refractivity contribution is -0.127. The van der Waals surface area contributed by atoms with Crippen molar-refractivity contribution < 1.29 is 14.3 Å². The lowest BCUT2D eigenvalue weighted by Gasteiger charge is -2.24. The second-order valence-electron chi connectivity index (χ2n) is 8.87. The highest BCUT2D eigenvalue weighted by Gasteiger charge is 2.37. The highest BCUT2D eigenvalue weighted by Crippen LogP contribution is 2.33. The minimum Gasteiger partial charge on any atom is -0.492 e. The summed E-state index contributed by atoms with van der Waals surface area (Å²) in [5.74, 6) is 0.724. The zero-order valence-electron chi connectivity index (χ0n) is 19.0. The van der Waals surface area contributed by atoms with Crippen molar-refractivity contribution in [3.8, 4) is 5.75 Å². The van der Waals surface area contributed by atoms with Gasteiger partial charge in [0.15, 0.2) is 0 Å². The Kier molecular flexibility index (Phi) is 7.10. The summed E-state index contributed by atoms with van der Waals surface area (Å²) in [5.41, 5.74) is 2.07. The molecule has 4 rings (SSSR count). The second-order valence-corrected chi connectivity index (χ2v) is 8.87. The van der Waals surface area contributed by atoms with Gasteiger partial charge >= 0.3 is 0 Å². The Balaban J connectivity index is 1.31. The average molecular weight is 436 g/mol. The van der Waals surface area contributed by atoms with Gasteiger partial charge in [0.1, 0.15) is 5.75 Å². The van der Waals surface area contributed by atoms with Crippen molar-refractivity contribution in [3.63, 3.8) is 0 Å². The Bertz CT molecular complexity index is 933. The van der Waals surface area contributed by atoms with Gasteiger partial charge in [-0.25, -0.2) is 0 Å². The number of likely N-dealkylation sites (tertiary alicyclic amines) is 1. The maximum Gasteiger partial charge on any atom is 0.227 e. The molecule has 0 saturated carbocycles. The summed E-state index contributed by atoms with van der Waals surface area (Å²) in [4.78, 5) is 29.8. The van der Waals surface area contributed by atoms with Crippen LogP contribution in [-0.4, -0.2) is 49.0 Å². The molecule has 2 aliphatic rings. The van der Waals surface area contributed by atoms with Gasteiger partial charge in [-0.05, 0) is 50.4 Å². The van der Waals surface area contributed by atoms with Crippen LogP contribution in [0.5, 0.6) is 5.75 Å². The number of carbonyl (C=O) groups excluding carboxylic acids is 2. The standard InChI is InChI=1S/C26H33N3O3/c1-3-32-24-12-8-7-11-23(24)29-18-22(15-25(29)30)26(31)27-19(2)21-13-14-28(17-21)16-20-9-5-4-6-10-20/h4-12,19,21-22H,3,13-18H2,1-2H3,(H,27,31)/t19-,21-,22-/m1/s1. The fraction of sp³-hybridized carbons (Fsp3) is 0.462. The average Bonchev–Trinajstić information content (AvgIpc) is 3.42. The molecule has 2 aliphatic heterocycles. The summed E-state index contributed by atoms with van der Waals surface area (Å²) in [6.45, 7) is 7.91. The molecule has 32 heavy (non-hydrogen) atoms. The molecule has 2 heterocycles. The third kappa shape index (κ3) is 5.13. The molecule has 2 saturated heterocycles. The Hall–Kier alpha value is -2.86. The van der Waals surface area contributed by atoms with Crippen LogP contribution in [0, 0.1) is 11.8 Å². The van der Waals surface area contributed by atoms with Crippen molar-refractivity contribution in [1.82, 2.24) is 10.2 Å². The van der Waals surface area contributed by atoms with Crippen molar-refractivity contribution in [3.05, 3.63) is 60.2 Å². The number of nitrogens with one attached hydrogen (secondary N) is 1. The van der Waals surface area contributed by atoms with E-state index in [1.54, 1.807) is 4.90 Å². The number of hydrogen-bond donors (Lipinski definition) is 1. The SMILES string of the molecule is CCOc1ccccc1N1C[C@H](C(=O)N[C@H](C)[C@@H]2CCN(Cc3ccccc3)C2)CC1=O. The Morgan fingerprint density at radius 2 is 1.88 bits per heavy atom. The van der Waals surface area contributed by atoms with E-state index in [2.05, 4.69) is 41.4 Å². The molecule has 170 valence electrons. The maximum atomic E-state index is 13.0. The molecule has 0 radical (unpaired) electrons. The normalized spacial score (nSPS) is 22.2. The van der Waals surface area contributed by atoms with Gasteiger partial charge in [-0.1, -0.05) is 42.5 Å². The smallest absolute Gasteiger partial charge is 0.227 e. The largest absolute Gasteiger partial charge is 0.492 e.